The number of benzene rings is 1. The molecule has 2 saturated heterocycles. The highest BCUT2D eigenvalue weighted by Gasteiger charge is 2.49. The average Bonchev–Trinajstić information content (AvgIpc) is 3.85. The van der Waals surface area contributed by atoms with Crippen LogP contribution in [0.2, 0.25) is 0 Å². The Morgan fingerprint density at radius 1 is 1.08 bits per heavy atom. The molecule has 1 aromatic carbocycles. The number of hydrogen-bond donors (Lipinski definition) is 4. The second-order valence-corrected chi connectivity index (χ2v) is 15.8. The Labute approximate surface area is 299 Å². The number of carbonyl (C=O) groups is 5. The van der Waals surface area contributed by atoms with E-state index in [0.29, 0.717) is 40.2 Å². The van der Waals surface area contributed by atoms with Crippen molar-refractivity contribution < 1.29 is 29.1 Å². The predicted molar refractivity (Wildman–Crippen MR) is 187 cm³/mol. The summed E-state index contributed by atoms with van der Waals surface area (Å²) in [6.45, 7) is 3.22. The standard InChI is InChI=1S/C34H46N10O6S/c1-33(2,50)27-18-36-41-44(27)22-17-26(31(48)38-34(28(45)29(35)46)11-13-51-14-12-34)43(19-22)32(49)25(15-20-7-5-4-6-8-20)37-30(47)21-9-10-23-24(16-21)40-42(3)39-23/h9-10,16,18,20,22,25-26,50H,4-8,11-15,17,19H2,1-3H3,(H2,35,46)(H,37,47)(H,38,48)/t22-,25+,26-/m0/s1. The van der Waals surface area contributed by atoms with Crippen molar-refractivity contribution in [3.8, 4) is 0 Å². The van der Waals surface area contributed by atoms with Gasteiger partial charge in [-0.25, -0.2) is 4.68 Å². The molecule has 0 bridgehead atoms. The predicted octanol–water partition coefficient (Wildman–Crippen LogP) is 1.13. The van der Waals surface area contributed by atoms with Crippen molar-refractivity contribution in [2.45, 2.75) is 101 Å². The van der Waals surface area contributed by atoms with Crippen LogP contribution in [0.15, 0.2) is 24.4 Å². The number of hydrogen-bond acceptors (Lipinski definition) is 11. The molecule has 3 aromatic rings. The van der Waals surface area contributed by atoms with E-state index in [-0.39, 0.29) is 31.7 Å². The van der Waals surface area contributed by atoms with Crippen LogP contribution in [0.4, 0.5) is 0 Å². The zero-order valence-corrected chi connectivity index (χ0v) is 30.0. The maximum absolute atomic E-state index is 14.8. The molecule has 0 spiro atoms. The number of nitrogens with two attached hydrogens (primary N) is 1. The SMILES string of the molecule is Cn1nc2ccc(C(=O)N[C@H](CC3CCCCC3)C(=O)N3C[C@@H](n4nncc4C(C)(C)O)C[C@H]3C(=O)NC3(C(=O)C(N)=O)CCSCC3)cc2n1. The van der Waals surface area contributed by atoms with Gasteiger partial charge in [0.2, 0.25) is 17.6 Å². The largest absolute Gasteiger partial charge is 0.384 e. The van der Waals surface area contributed by atoms with Gasteiger partial charge in [-0.2, -0.15) is 26.8 Å². The smallest absolute Gasteiger partial charge is 0.287 e. The number of likely N-dealkylation sites (tertiary alicyclic amines) is 1. The van der Waals surface area contributed by atoms with Crippen LogP contribution in [0.3, 0.4) is 0 Å². The lowest BCUT2D eigenvalue weighted by atomic mass is 9.84. The first-order valence-corrected chi connectivity index (χ1v) is 18.7. The Kier molecular flexibility index (Phi) is 10.5. The summed E-state index contributed by atoms with van der Waals surface area (Å²) in [5.74, 6) is -2.24. The van der Waals surface area contributed by atoms with Gasteiger partial charge in [-0.05, 0) is 68.7 Å². The summed E-state index contributed by atoms with van der Waals surface area (Å²) in [7, 11) is 1.69. The molecule has 17 heteroatoms. The van der Waals surface area contributed by atoms with Gasteiger partial charge in [-0.3, -0.25) is 24.0 Å². The number of aliphatic hydroxyl groups is 1. The third-order valence-corrected chi connectivity index (χ3v) is 11.4. The lowest BCUT2D eigenvalue weighted by Gasteiger charge is -2.37. The number of aromatic nitrogens is 6. The summed E-state index contributed by atoms with van der Waals surface area (Å²) in [5, 5.41) is 33.5. The second-order valence-electron chi connectivity index (χ2n) is 14.6. The zero-order valence-electron chi connectivity index (χ0n) is 29.2. The normalized spacial score (nSPS) is 21.7. The number of rotatable bonds is 11. The Balaban J connectivity index is 1.33. The molecule has 51 heavy (non-hydrogen) atoms. The molecule has 0 radical (unpaired) electrons. The summed E-state index contributed by atoms with van der Waals surface area (Å²) >= 11 is 1.61. The molecule has 2 aromatic heterocycles. The lowest BCUT2D eigenvalue weighted by molar-refractivity contribution is -0.145. The number of nitrogens with zero attached hydrogens (tertiary/aromatic N) is 7. The Hall–Kier alpha value is -4.38. The number of carbonyl (C=O) groups excluding carboxylic acids is 5. The van der Waals surface area contributed by atoms with Gasteiger partial charge in [-0.1, -0.05) is 37.3 Å². The van der Waals surface area contributed by atoms with Crippen LogP contribution in [0.1, 0.15) is 93.7 Å². The molecule has 5 N–H and O–H groups in total. The van der Waals surface area contributed by atoms with Crippen LogP contribution < -0.4 is 16.4 Å². The first-order chi connectivity index (χ1) is 24.3. The van der Waals surface area contributed by atoms with Crippen LogP contribution >= 0.6 is 11.8 Å². The third-order valence-electron chi connectivity index (χ3n) is 10.4. The van der Waals surface area contributed by atoms with Gasteiger partial charge in [0.1, 0.15) is 34.3 Å². The number of thioether (sulfide) groups is 1. The van der Waals surface area contributed by atoms with Crippen LogP contribution in [0.25, 0.3) is 11.0 Å². The minimum absolute atomic E-state index is 0.0264. The quantitative estimate of drug-likeness (QED) is 0.206. The summed E-state index contributed by atoms with van der Waals surface area (Å²) < 4.78 is 1.53. The molecule has 4 amide bonds. The summed E-state index contributed by atoms with van der Waals surface area (Å²) in [4.78, 5) is 71.1. The van der Waals surface area contributed by atoms with E-state index in [1.165, 1.54) is 20.6 Å². The molecule has 3 aliphatic rings. The molecule has 4 heterocycles. The van der Waals surface area contributed by atoms with Crippen molar-refractivity contribution in [3.63, 3.8) is 0 Å². The van der Waals surface area contributed by atoms with E-state index in [9.17, 15) is 29.1 Å². The highest BCUT2D eigenvalue weighted by molar-refractivity contribution is 7.99. The third kappa shape index (κ3) is 7.78. The molecular weight excluding hydrogens is 677 g/mol. The Morgan fingerprint density at radius 2 is 1.78 bits per heavy atom. The second kappa shape index (κ2) is 14.7. The fraction of sp³-hybridized carbons (Fsp3) is 0.618. The molecule has 6 rings (SSSR count). The maximum atomic E-state index is 14.8. The minimum atomic E-state index is -1.48. The van der Waals surface area contributed by atoms with Crippen molar-refractivity contribution in [2.75, 3.05) is 18.1 Å². The Bertz CT molecular complexity index is 1810. The van der Waals surface area contributed by atoms with Gasteiger partial charge in [0.25, 0.3) is 11.8 Å². The van der Waals surface area contributed by atoms with E-state index in [4.69, 9.17) is 5.73 Å². The molecule has 3 atom stereocenters. The number of primary amides is 1. The van der Waals surface area contributed by atoms with Gasteiger partial charge in [0.15, 0.2) is 0 Å². The van der Waals surface area contributed by atoms with Crippen molar-refractivity contribution in [1.29, 1.82) is 0 Å². The van der Waals surface area contributed by atoms with E-state index in [1.54, 1.807) is 50.9 Å². The van der Waals surface area contributed by atoms with E-state index in [1.807, 2.05) is 0 Å². The monoisotopic (exact) mass is 722 g/mol. The zero-order chi connectivity index (χ0) is 36.5. The van der Waals surface area contributed by atoms with Crippen molar-refractivity contribution >= 4 is 52.2 Å². The molecular formula is C34H46N10O6S. The van der Waals surface area contributed by atoms with Crippen LogP contribution in [-0.4, -0.2) is 105 Å². The summed E-state index contributed by atoms with van der Waals surface area (Å²) in [5.41, 5.74) is 4.53. The number of ketones is 1. The molecule has 1 saturated carbocycles. The van der Waals surface area contributed by atoms with Gasteiger partial charge in [0, 0.05) is 25.6 Å². The summed E-state index contributed by atoms with van der Waals surface area (Å²) in [6, 6.07) is 2.34. The van der Waals surface area contributed by atoms with Crippen molar-refractivity contribution in [2.24, 2.45) is 18.7 Å². The molecule has 16 nitrogen and oxygen atoms in total. The minimum Gasteiger partial charge on any atom is -0.384 e. The van der Waals surface area contributed by atoms with Gasteiger partial charge in [-0.15, -0.1) is 5.10 Å². The fourth-order valence-electron chi connectivity index (χ4n) is 7.70. The first kappa shape index (κ1) is 36.4. The van der Waals surface area contributed by atoms with Crippen molar-refractivity contribution in [1.82, 2.24) is 45.5 Å². The number of nitrogens with one attached hydrogen (secondary N) is 2. The highest BCUT2D eigenvalue weighted by atomic mass is 32.2. The van der Waals surface area contributed by atoms with E-state index in [0.717, 1.165) is 32.1 Å². The Morgan fingerprint density at radius 3 is 2.47 bits per heavy atom. The number of Topliss-reactive ketones (excluding diaryl/α,β-unsaturated/α-hetero) is 1. The number of amides is 4. The van der Waals surface area contributed by atoms with E-state index in [2.05, 4.69) is 31.1 Å². The number of aryl methyl sites for hydroxylation is 1. The van der Waals surface area contributed by atoms with Crippen LogP contribution in [0.5, 0.6) is 0 Å². The fourth-order valence-corrected chi connectivity index (χ4v) is 8.89. The molecule has 0 unspecified atom stereocenters. The topological polar surface area (TPSA) is 220 Å². The van der Waals surface area contributed by atoms with Gasteiger partial charge in [0.05, 0.1) is 17.9 Å². The average molecular weight is 723 g/mol. The summed E-state index contributed by atoms with van der Waals surface area (Å²) in [6.07, 6.45) is 7.36. The van der Waals surface area contributed by atoms with Crippen LogP contribution in [0, 0.1) is 5.92 Å². The molecule has 2 aliphatic heterocycles. The molecule has 3 fully saturated rings. The number of fused-ring (bicyclic) bond motifs is 1. The lowest BCUT2D eigenvalue weighted by Crippen LogP contribution is -2.63. The molecule has 1 aliphatic carbocycles. The molecule has 274 valence electrons. The van der Waals surface area contributed by atoms with Gasteiger partial charge >= 0.3 is 0 Å². The van der Waals surface area contributed by atoms with Crippen molar-refractivity contribution in [3.05, 3.63) is 35.7 Å². The highest BCUT2D eigenvalue weighted by Crippen LogP contribution is 2.35. The maximum Gasteiger partial charge on any atom is 0.287 e. The van der Waals surface area contributed by atoms with Crippen LogP contribution in [-0.2, 0) is 31.8 Å². The first-order valence-electron chi connectivity index (χ1n) is 17.6. The van der Waals surface area contributed by atoms with E-state index >= 15 is 0 Å². The van der Waals surface area contributed by atoms with Gasteiger partial charge < -0.3 is 26.4 Å². The van der Waals surface area contributed by atoms with E-state index < -0.39 is 58.7 Å².